The molecule has 1 atom stereocenters. The van der Waals surface area contributed by atoms with E-state index in [0.717, 1.165) is 29.8 Å². The van der Waals surface area contributed by atoms with E-state index in [-0.39, 0.29) is 19.0 Å². The second kappa shape index (κ2) is 10.2. The van der Waals surface area contributed by atoms with Crippen LogP contribution in [0.5, 0.6) is 0 Å². The van der Waals surface area contributed by atoms with Crippen molar-refractivity contribution < 1.29 is 18.7 Å². The van der Waals surface area contributed by atoms with Crippen LogP contribution < -0.4 is 15.5 Å². The number of nitrogens with zero attached hydrogens (tertiary/aromatic N) is 3. The van der Waals surface area contributed by atoms with Gasteiger partial charge < -0.3 is 15.4 Å². The standard InChI is InChI=1S/C23H25FN6O3/c1-15(31)26-13-20-14-30(23(32)33-20)19-6-7-21(22(24)10-19)17-4-2-16(3-5-17)8-9-25-11-18-12-27-29-28-18/h2-7,10,12,20,25H,8-9,11,13-14H2,1H3,(H,26,31)(H,27,28,29)/t20-/m0/s1. The van der Waals surface area contributed by atoms with Crippen molar-refractivity contribution in [1.29, 1.82) is 0 Å². The Bertz CT molecular complexity index is 1100. The van der Waals surface area contributed by atoms with Gasteiger partial charge in [0, 0.05) is 19.0 Å². The lowest BCUT2D eigenvalue weighted by Gasteiger charge is -2.15. The number of hydrogen-bond donors (Lipinski definition) is 3. The summed E-state index contributed by atoms with van der Waals surface area (Å²) in [5, 5.41) is 16.1. The van der Waals surface area contributed by atoms with Gasteiger partial charge in [-0.3, -0.25) is 14.8 Å². The maximum Gasteiger partial charge on any atom is 0.414 e. The maximum absolute atomic E-state index is 14.9. The van der Waals surface area contributed by atoms with Gasteiger partial charge in [0.15, 0.2) is 0 Å². The number of carbonyl (C=O) groups is 2. The lowest BCUT2D eigenvalue weighted by molar-refractivity contribution is -0.119. The minimum atomic E-state index is -0.556. The van der Waals surface area contributed by atoms with Crippen LogP contribution in [0.4, 0.5) is 14.9 Å². The minimum absolute atomic E-state index is 0.200. The number of ether oxygens (including phenoxy) is 1. The molecule has 172 valence electrons. The van der Waals surface area contributed by atoms with Gasteiger partial charge in [-0.15, -0.1) is 5.10 Å². The molecule has 1 saturated heterocycles. The molecule has 0 radical (unpaired) electrons. The second-order valence-corrected chi connectivity index (χ2v) is 7.82. The van der Waals surface area contributed by atoms with E-state index in [2.05, 4.69) is 26.0 Å². The van der Waals surface area contributed by atoms with E-state index in [9.17, 15) is 14.0 Å². The fourth-order valence-electron chi connectivity index (χ4n) is 3.61. The van der Waals surface area contributed by atoms with Gasteiger partial charge in [-0.2, -0.15) is 0 Å². The average molecular weight is 452 g/mol. The normalized spacial score (nSPS) is 15.5. The molecule has 3 aromatic rings. The highest BCUT2D eigenvalue weighted by Crippen LogP contribution is 2.29. The predicted octanol–water partition coefficient (Wildman–Crippen LogP) is 2.40. The van der Waals surface area contributed by atoms with Crippen molar-refractivity contribution >= 4 is 17.7 Å². The number of rotatable bonds is 9. The molecule has 2 amide bonds. The zero-order valence-electron chi connectivity index (χ0n) is 18.2. The second-order valence-electron chi connectivity index (χ2n) is 7.82. The highest BCUT2D eigenvalue weighted by Gasteiger charge is 2.32. The molecule has 3 N–H and O–H groups in total. The SMILES string of the molecule is CC(=O)NC[C@H]1CN(c2ccc(-c3ccc(CCNCc4cnn[nH]4)cc3)c(F)c2)C(=O)O1. The molecule has 1 fully saturated rings. The first kappa shape index (κ1) is 22.4. The molecule has 10 heteroatoms. The first-order valence-electron chi connectivity index (χ1n) is 10.7. The third-order valence-electron chi connectivity index (χ3n) is 5.35. The molecule has 0 bridgehead atoms. The topological polar surface area (TPSA) is 112 Å². The van der Waals surface area contributed by atoms with Crippen molar-refractivity contribution in [2.24, 2.45) is 0 Å². The maximum atomic E-state index is 14.9. The van der Waals surface area contributed by atoms with Crippen molar-refractivity contribution in [3.8, 4) is 11.1 Å². The van der Waals surface area contributed by atoms with Crippen LogP contribution in [0.25, 0.3) is 11.1 Å². The molecular weight excluding hydrogens is 427 g/mol. The summed E-state index contributed by atoms with van der Waals surface area (Å²) < 4.78 is 20.1. The smallest absolute Gasteiger partial charge is 0.414 e. The van der Waals surface area contributed by atoms with Gasteiger partial charge in [-0.05, 0) is 42.3 Å². The number of nitrogens with one attached hydrogen (secondary N) is 3. The van der Waals surface area contributed by atoms with Gasteiger partial charge in [-0.1, -0.05) is 29.5 Å². The molecule has 0 spiro atoms. The van der Waals surface area contributed by atoms with Crippen LogP contribution >= 0.6 is 0 Å². The number of carbonyl (C=O) groups excluding carboxylic acids is 2. The number of aromatic nitrogens is 3. The molecule has 9 nitrogen and oxygen atoms in total. The molecule has 1 aliphatic rings. The molecule has 0 unspecified atom stereocenters. The molecule has 4 rings (SSSR count). The molecule has 0 saturated carbocycles. The van der Waals surface area contributed by atoms with E-state index in [4.69, 9.17) is 4.74 Å². The van der Waals surface area contributed by atoms with Crippen molar-refractivity contribution in [3.05, 3.63) is 65.7 Å². The zero-order valence-corrected chi connectivity index (χ0v) is 18.2. The number of hydrogen-bond acceptors (Lipinski definition) is 6. The molecular formula is C23H25FN6O3. The number of halogens is 1. The van der Waals surface area contributed by atoms with Crippen molar-refractivity contribution in [2.45, 2.75) is 26.0 Å². The Balaban J connectivity index is 1.34. The van der Waals surface area contributed by atoms with Crippen molar-refractivity contribution in [2.75, 3.05) is 24.5 Å². The van der Waals surface area contributed by atoms with E-state index in [1.54, 1.807) is 18.3 Å². The van der Waals surface area contributed by atoms with Crippen LogP contribution in [-0.4, -0.2) is 53.1 Å². The van der Waals surface area contributed by atoms with Crippen LogP contribution in [-0.2, 0) is 22.5 Å². The third-order valence-corrected chi connectivity index (χ3v) is 5.35. The summed E-state index contributed by atoms with van der Waals surface area (Å²) in [7, 11) is 0. The average Bonchev–Trinajstić information content (AvgIpc) is 3.45. The van der Waals surface area contributed by atoms with Gasteiger partial charge >= 0.3 is 6.09 Å². The number of cyclic esters (lactones) is 1. The summed E-state index contributed by atoms with van der Waals surface area (Å²) in [6.45, 7) is 3.32. The van der Waals surface area contributed by atoms with Gasteiger partial charge in [0.25, 0.3) is 0 Å². The molecule has 2 aromatic carbocycles. The lowest BCUT2D eigenvalue weighted by atomic mass is 10.0. The Morgan fingerprint density at radius 2 is 2.09 bits per heavy atom. The predicted molar refractivity (Wildman–Crippen MR) is 120 cm³/mol. The number of benzene rings is 2. The monoisotopic (exact) mass is 452 g/mol. The van der Waals surface area contributed by atoms with Gasteiger partial charge in [-0.25, -0.2) is 9.18 Å². The van der Waals surface area contributed by atoms with Crippen LogP contribution in [0.15, 0.2) is 48.7 Å². The van der Waals surface area contributed by atoms with E-state index >= 15 is 0 Å². The van der Waals surface area contributed by atoms with Gasteiger partial charge in [0.05, 0.1) is 30.7 Å². The van der Waals surface area contributed by atoms with Gasteiger partial charge in [0.1, 0.15) is 11.9 Å². The summed E-state index contributed by atoms with van der Waals surface area (Å²) in [5.74, 6) is -0.623. The minimum Gasteiger partial charge on any atom is -0.442 e. The van der Waals surface area contributed by atoms with Crippen LogP contribution in [0.2, 0.25) is 0 Å². The number of anilines is 1. The fourth-order valence-corrected chi connectivity index (χ4v) is 3.61. The Labute approximate surface area is 190 Å². The van der Waals surface area contributed by atoms with Crippen LogP contribution in [0, 0.1) is 5.82 Å². The van der Waals surface area contributed by atoms with E-state index in [1.165, 1.54) is 17.9 Å². The molecule has 33 heavy (non-hydrogen) atoms. The highest BCUT2D eigenvalue weighted by atomic mass is 19.1. The molecule has 1 aromatic heterocycles. The van der Waals surface area contributed by atoms with E-state index in [1.807, 2.05) is 24.3 Å². The van der Waals surface area contributed by atoms with Crippen LogP contribution in [0.3, 0.4) is 0 Å². The lowest BCUT2D eigenvalue weighted by Crippen LogP contribution is -2.33. The highest BCUT2D eigenvalue weighted by molar-refractivity contribution is 5.90. The molecule has 1 aliphatic heterocycles. The Morgan fingerprint density at radius 3 is 2.79 bits per heavy atom. The fraction of sp³-hybridized carbons (Fsp3) is 0.304. The van der Waals surface area contributed by atoms with E-state index < -0.39 is 18.0 Å². The summed E-state index contributed by atoms with van der Waals surface area (Å²) in [6.07, 6.45) is 1.49. The zero-order chi connectivity index (χ0) is 23.2. The largest absolute Gasteiger partial charge is 0.442 e. The Kier molecular flexibility index (Phi) is 6.94. The Hall–Kier alpha value is -3.79. The molecule has 2 heterocycles. The first-order chi connectivity index (χ1) is 16.0. The summed E-state index contributed by atoms with van der Waals surface area (Å²) in [6, 6.07) is 12.4. The summed E-state index contributed by atoms with van der Waals surface area (Å²) in [5.41, 5.74) is 3.69. The number of H-pyrrole nitrogens is 1. The first-order valence-corrected chi connectivity index (χ1v) is 10.7. The van der Waals surface area contributed by atoms with Gasteiger partial charge in [0.2, 0.25) is 5.91 Å². The quantitative estimate of drug-likeness (QED) is 0.430. The van der Waals surface area contributed by atoms with Crippen molar-refractivity contribution in [1.82, 2.24) is 26.0 Å². The molecule has 0 aliphatic carbocycles. The summed E-state index contributed by atoms with van der Waals surface area (Å²) in [4.78, 5) is 24.6. The third kappa shape index (κ3) is 5.72. The number of amides is 2. The Morgan fingerprint density at radius 1 is 1.27 bits per heavy atom. The summed E-state index contributed by atoms with van der Waals surface area (Å²) >= 11 is 0. The van der Waals surface area contributed by atoms with Crippen molar-refractivity contribution in [3.63, 3.8) is 0 Å². The van der Waals surface area contributed by atoms with Crippen LogP contribution in [0.1, 0.15) is 18.2 Å². The number of aromatic amines is 1. The van der Waals surface area contributed by atoms with E-state index in [0.29, 0.717) is 17.8 Å².